The summed E-state index contributed by atoms with van der Waals surface area (Å²) in [6, 6.07) is 26.3. The molecule has 4 rings (SSSR count). The van der Waals surface area contributed by atoms with E-state index in [0.717, 1.165) is 14.8 Å². The van der Waals surface area contributed by atoms with Crippen LogP contribution in [0.1, 0.15) is 38.3 Å². The van der Waals surface area contributed by atoms with Crippen molar-refractivity contribution < 1.29 is 22.7 Å². The van der Waals surface area contributed by atoms with Crippen molar-refractivity contribution in [2.24, 2.45) is 0 Å². The molecule has 260 valence electrons. The van der Waals surface area contributed by atoms with Crippen LogP contribution in [-0.2, 0) is 32.6 Å². The number of hydrogen-bond acceptors (Lipinski definition) is 6. The fourth-order valence-electron chi connectivity index (χ4n) is 5.16. The highest BCUT2D eigenvalue weighted by Crippen LogP contribution is 2.34. The molecule has 0 aromatic heterocycles. The van der Waals surface area contributed by atoms with Gasteiger partial charge in [-0.3, -0.25) is 13.9 Å². The largest absolute Gasteiger partial charge is 0.492 e. The van der Waals surface area contributed by atoms with Crippen LogP contribution in [0.5, 0.6) is 5.75 Å². The van der Waals surface area contributed by atoms with Crippen molar-refractivity contribution in [3.63, 3.8) is 0 Å². The van der Waals surface area contributed by atoms with E-state index in [1.807, 2.05) is 50.4 Å². The average molecular weight is 743 g/mol. The number of ether oxygens (including phenoxy) is 1. The molecule has 0 aliphatic carbocycles. The zero-order valence-electron chi connectivity index (χ0n) is 27.9. The summed E-state index contributed by atoms with van der Waals surface area (Å²) in [5.74, 6) is -0.681. The van der Waals surface area contributed by atoms with Gasteiger partial charge in [0.25, 0.3) is 10.0 Å². The summed E-state index contributed by atoms with van der Waals surface area (Å²) in [5.41, 5.74) is 1.57. The third-order valence-electron chi connectivity index (χ3n) is 7.99. The first kappa shape index (κ1) is 38.1. The number of nitrogens with one attached hydrogen (secondary N) is 1. The molecule has 2 atom stereocenters. The molecule has 0 radical (unpaired) electrons. The summed E-state index contributed by atoms with van der Waals surface area (Å²) in [6.07, 6.45) is 2.76. The van der Waals surface area contributed by atoms with Gasteiger partial charge in [0.2, 0.25) is 11.8 Å². The predicted molar refractivity (Wildman–Crippen MR) is 199 cm³/mol. The van der Waals surface area contributed by atoms with Crippen molar-refractivity contribution >= 4 is 62.5 Å². The van der Waals surface area contributed by atoms with Gasteiger partial charge in [-0.1, -0.05) is 78.7 Å². The SMILES string of the molecule is CCOc1ccccc1N(CC(=O)N(Cc1ccc(Cl)cc1Cl)[C@@H](Cc1ccccc1)C(=O)N[C@@H](C)CC)S(=O)(=O)c1ccc(SC)cc1. The molecule has 0 bridgehead atoms. The molecular formula is C37H41Cl2N3O5S2. The van der Waals surface area contributed by atoms with Crippen LogP contribution in [0.2, 0.25) is 10.0 Å². The van der Waals surface area contributed by atoms with Crippen LogP contribution in [0.3, 0.4) is 0 Å². The Kier molecular flexibility index (Phi) is 13.8. The number of anilines is 1. The Morgan fingerprint density at radius 2 is 1.59 bits per heavy atom. The van der Waals surface area contributed by atoms with Crippen LogP contribution in [0.25, 0.3) is 0 Å². The van der Waals surface area contributed by atoms with Gasteiger partial charge in [0.1, 0.15) is 18.3 Å². The average Bonchev–Trinajstić information content (AvgIpc) is 3.10. The lowest BCUT2D eigenvalue weighted by Gasteiger charge is -2.34. The van der Waals surface area contributed by atoms with Gasteiger partial charge in [-0.05, 0) is 86.2 Å². The van der Waals surface area contributed by atoms with Gasteiger partial charge >= 0.3 is 0 Å². The van der Waals surface area contributed by atoms with E-state index in [9.17, 15) is 18.0 Å². The maximum atomic E-state index is 14.8. The minimum Gasteiger partial charge on any atom is -0.492 e. The van der Waals surface area contributed by atoms with Gasteiger partial charge in [-0.25, -0.2) is 8.42 Å². The second-order valence-corrected chi connectivity index (χ2v) is 15.0. The van der Waals surface area contributed by atoms with Crippen molar-refractivity contribution in [3.05, 3.63) is 118 Å². The van der Waals surface area contributed by atoms with Gasteiger partial charge in [-0.15, -0.1) is 11.8 Å². The van der Waals surface area contributed by atoms with Crippen LogP contribution in [0, 0.1) is 0 Å². The van der Waals surface area contributed by atoms with Crippen LogP contribution in [0.15, 0.2) is 107 Å². The van der Waals surface area contributed by atoms with Gasteiger partial charge in [-0.2, -0.15) is 0 Å². The first-order chi connectivity index (χ1) is 23.5. The minimum atomic E-state index is -4.31. The summed E-state index contributed by atoms with van der Waals surface area (Å²) in [6.45, 7) is 5.22. The Morgan fingerprint density at radius 1 is 0.918 bits per heavy atom. The zero-order valence-corrected chi connectivity index (χ0v) is 31.1. The second-order valence-electron chi connectivity index (χ2n) is 11.4. The summed E-state index contributed by atoms with van der Waals surface area (Å²) in [7, 11) is -4.31. The van der Waals surface area contributed by atoms with Crippen LogP contribution < -0.4 is 14.4 Å². The lowest BCUT2D eigenvalue weighted by Crippen LogP contribution is -2.54. The Labute approximate surface area is 303 Å². The van der Waals surface area contributed by atoms with E-state index in [4.69, 9.17) is 27.9 Å². The lowest BCUT2D eigenvalue weighted by atomic mass is 10.0. The number of halogens is 2. The number of carbonyl (C=O) groups excluding carboxylic acids is 2. The number of benzene rings is 4. The topological polar surface area (TPSA) is 96.0 Å². The Morgan fingerprint density at radius 3 is 2.22 bits per heavy atom. The molecule has 8 nitrogen and oxygen atoms in total. The number of hydrogen-bond donors (Lipinski definition) is 1. The molecule has 12 heteroatoms. The zero-order chi connectivity index (χ0) is 35.6. The Hall–Kier alpha value is -3.70. The highest BCUT2D eigenvalue weighted by atomic mass is 35.5. The Bertz CT molecular complexity index is 1830. The maximum absolute atomic E-state index is 14.8. The van der Waals surface area contributed by atoms with E-state index in [2.05, 4.69) is 5.32 Å². The molecule has 4 aromatic rings. The molecular weight excluding hydrogens is 701 g/mol. The Balaban J connectivity index is 1.86. The van der Waals surface area contributed by atoms with Crippen molar-refractivity contribution in [3.8, 4) is 5.75 Å². The van der Waals surface area contributed by atoms with Crippen LogP contribution in [0.4, 0.5) is 5.69 Å². The van der Waals surface area contributed by atoms with E-state index in [1.54, 1.807) is 61.5 Å². The van der Waals surface area contributed by atoms with Crippen molar-refractivity contribution in [1.29, 1.82) is 0 Å². The van der Waals surface area contributed by atoms with Crippen molar-refractivity contribution in [1.82, 2.24) is 10.2 Å². The summed E-state index contributed by atoms with van der Waals surface area (Å²) in [5, 5.41) is 3.76. The van der Waals surface area contributed by atoms with Crippen LogP contribution >= 0.6 is 35.0 Å². The fraction of sp³-hybridized carbons (Fsp3) is 0.297. The molecule has 1 N–H and O–H groups in total. The molecule has 0 heterocycles. The molecule has 4 aromatic carbocycles. The van der Waals surface area contributed by atoms with Gasteiger partial charge < -0.3 is 15.0 Å². The molecule has 0 saturated heterocycles. The first-order valence-electron chi connectivity index (χ1n) is 15.9. The maximum Gasteiger partial charge on any atom is 0.264 e. The number of nitrogens with zero attached hydrogens (tertiary/aromatic N) is 2. The van der Waals surface area contributed by atoms with Crippen molar-refractivity contribution in [2.45, 2.75) is 62.0 Å². The van der Waals surface area contributed by atoms with E-state index in [1.165, 1.54) is 28.8 Å². The third-order valence-corrected chi connectivity index (χ3v) is 11.1. The molecule has 0 unspecified atom stereocenters. The van der Waals surface area contributed by atoms with Gasteiger partial charge in [0, 0.05) is 33.9 Å². The van der Waals surface area contributed by atoms with Gasteiger partial charge in [0.05, 0.1) is 17.2 Å². The van der Waals surface area contributed by atoms with Crippen molar-refractivity contribution in [2.75, 3.05) is 23.7 Å². The van der Waals surface area contributed by atoms with E-state index >= 15 is 0 Å². The molecule has 0 aliphatic heterocycles. The molecule has 2 amide bonds. The monoisotopic (exact) mass is 741 g/mol. The number of para-hydroxylation sites is 2. The van der Waals surface area contributed by atoms with E-state index in [0.29, 0.717) is 27.8 Å². The number of amides is 2. The first-order valence-corrected chi connectivity index (χ1v) is 19.4. The fourth-order valence-corrected chi connectivity index (χ4v) is 7.46. The molecule has 49 heavy (non-hydrogen) atoms. The summed E-state index contributed by atoms with van der Waals surface area (Å²) in [4.78, 5) is 31.1. The number of sulfonamides is 1. The molecule has 0 saturated carbocycles. The normalized spacial score (nSPS) is 12.5. The number of carbonyl (C=O) groups is 2. The van der Waals surface area contributed by atoms with E-state index < -0.39 is 28.5 Å². The van der Waals surface area contributed by atoms with E-state index in [-0.39, 0.29) is 42.1 Å². The lowest BCUT2D eigenvalue weighted by molar-refractivity contribution is -0.140. The molecule has 0 spiro atoms. The number of rotatable bonds is 16. The quantitative estimate of drug-likeness (QED) is 0.118. The summed E-state index contributed by atoms with van der Waals surface area (Å²) >= 11 is 14.3. The molecule has 0 fully saturated rings. The summed E-state index contributed by atoms with van der Waals surface area (Å²) < 4.78 is 35.8. The van der Waals surface area contributed by atoms with Crippen LogP contribution in [-0.4, -0.2) is 56.6 Å². The third kappa shape index (κ3) is 9.94. The van der Waals surface area contributed by atoms with Gasteiger partial charge in [0.15, 0.2) is 0 Å². The standard InChI is InChI=1S/C37H41Cl2N3O5S2/c1-5-26(3)40-37(44)34(22-27-12-8-7-9-13-27)41(24-28-16-17-29(38)23-32(28)39)36(43)25-42(33-14-10-11-15-35(33)47-6-2)49(45,46)31-20-18-30(48-4)19-21-31/h7-21,23,26,34H,5-6,22,24-25H2,1-4H3,(H,40,44)/t26-,34-/m0/s1. The molecule has 0 aliphatic rings. The second kappa shape index (κ2) is 17.8. The highest BCUT2D eigenvalue weighted by molar-refractivity contribution is 7.98. The predicted octanol–water partition coefficient (Wildman–Crippen LogP) is 7.86. The minimum absolute atomic E-state index is 0.00652. The smallest absolute Gasteiger partial charge is 0.264 e. The number of thioether (sulfide) groups is 1. The highest BCUT2D eigenvalue weighted by Gasteiger charge is 2.36.